The molecule has 1 fully saturated rings. The molecule has 1 aliphatic heterocycles. The fourth-order valence-electron chi connectivity index (χ4n) is 2.99. The first kappa shape index (κ1) is 18.6. The maximum atomic E-state index is 13.0. The van der Waals surface area contributed by atoms with E-state index in [-0.39, 0.29) is 35.4 Å². The molecule has 1 N–H and O–H groups in total. The van der Waals surface area contributed by atoms with Gasteiger partial charge in [0.1, 0.15) is 16.8 Å². The van der Waals surface area contributed by atoms with Crippen LogP contribution in [0, 0.1) is 5.82 Å². The molecule has 3 aromatic rings. The van der Waals surface area contributed by atoms with Gasteiger partial charge in [-0.3, -0.25) is 9.89 Å². The van der Waals surface area contributed by atoms with Gasteiger partial charge < -0.3 is 4.90 Å². The van der Waals surface area contributed by atoms with Crippen molar-refractivity contribution in [3.63, 3.8) is 0 Å². The summed E-state index contributed by atoms with van der Waals surface area (Å²) >= 11 is 5.80. The lowest BCUT2D eigenvalue weighted by Gasteiger charge is -2.38. The zero-order valence-corrected chi connectivity index (χ0v) is 16.0. The molecule has 2 aromatic carbocycles. The van der Waals surface area contributed by atoms with Gasteiger partial charge in [-0.2, -0.15) is 5.10 Å². The van der Waals surface area contributed by atoms with Gasteiger partial charge in [0.05, 0.1) is 10.6 Å². The second kappa shape index (κ2) is 7.03. The maximum absolute atomic E-state index is 13.0. The lowest BCUT2D eigenvalue weighted by atomic mass is 10.1. The number of nitrogens with zero attached hydrogens (tertiary/aromatic N) is 2. The van der Waals surface area contributed by atoms with E-state index in [2.05, 4.69) is 10.2 Å². The molecule has 0 saturated carbocycles. The van der Waals surface area contributed by atoms with Crippen molar-refractivity contribution in [2.75, 3.05) is 13.1 Å². The molecule has 6 nitrogen and oxygen atoms in total. The number of carbonyl (C=O) groups excluding carboxylic acids is 1. The number of halogens is 2. The minimum atomic E-state index is -3.52. The fraction of sp³-hybridized carbons (Fsp3) is 0.158. The number of sulfone groups is 1. The number of hydrogen-bond acceptors (Lipinski definition) is 4. The van der Waals surface area contributed by atoms with E-state index in [1.807, 2.05) is 0 Å². The topological polar surface area (TPSA) is 83.1 Å². The highest BCUT2D eigenvalue weighted by Crippen LogP contribution is 2.26. The molecule has 1 amide bonds. The summed E-state index contributed by atoms with van der Waals surface area (Å²) in [5.74, 6) is -0.687. The molecule has 0 radical (unpaired) electrons. The molecule has 0 unspecified atom stereocenters. The van der Waals surface area contributed by atoms with E-state index in [1.165, 1.54) is 41.3 Å². The van der Waals surface area contributed by atoms with Crippen molar-refractivity contribution in [2.24, 2.45) is 0 Å². The Labute approximate surface area is 165 Å². The Kier molecular flexibility index (Phi) is 4.68. The largest absolute Gasteiger partial charge is 0.335 e. The molecule has 0 bridgehead atoms. The van der Waals surface area contributed by atoms with Crippen LogP contribution in [0.15, 0.2) is 59.5 Å². The molecular weight excluding hydrogens is 405 g/mol. The second-order valence-corrected chi connectivity index (χ2v) is 9.17. The van der Waals surface area contributed by atoms with Crippen molar-refractivity contribution in [1.29, 1.82) is 0 Å². The molecule has 9 heteroatoms. The molecule has 1 saturated heterocycles. The first-order valence-electron chi connectivity index (χ1n) is 8.45. The summed E-state index contributed by atoms with van der Waals surface area (Å²) in [5, 5.41) is 6.54. The van der Waals surface area contributed by atoms with Gasteiger partial charge in [-0.15, -0.1) is 0 Å². The average Bonchev–Trinajstić information content (AvgIpc) is 3.11. The molecule has 2 heterocycles. The van der Waals surface area contributed by atoms with Crippen LogP contribution in [0.3, 0.4) is 0 Å². The van der Waals surface area contributed by atoms with Crippen LogP contribution in [0.5, 0.6) is 0 Å². The van der Waals surface area contributed by atoms with Crippen LogP contribution in [-0.4, -0.2) is 47.8 Å². The highest BCUT2D eigenvalue weighted by molar-refractivity contribution is 7.92. The number of aromatic amines is 1. The lowest BCUT2D eigenvalue weighted by molar-refractivity contribution is 0.0652. The zero-order chi connectivity index (χ0) is 19.9. The smallest absolute Gasteiger partial charge is 0.271 e. The summed E-state index contributed by atoms with van der Waals surface area (Å²) < 4.78 is 38.3. The van der Waals surface area contributed by atoms with Gasteiger partial charge >= 0.3 is 0 Å². The van der Waals surface area contributed by atoms with Crippen LogP contribution < -0.4 is 0 Å². The summed E-state index contributed by atoms with van der Waals surface area (Å²) in [4.78, 5) is 14.2. The van der Waals surface area contributed by atoms with Crippen molar-refractivity contribution in [2.45, 2.75) is 10.1 Å². The zero-order valence-electron chi connectivity index (χ0n) is 14.5. The Balaban J connectivity index is 1.44. The van der Waals surface area contributed by atoms with Gasteiger partial charge in [-0.25, -0.2) is 12.8 Å². The molecule has 144 valence electrons. The summed E-state index contributed by atoms with van der Waals surface area (Å²) in [7, 11) is -3.52. The van der Waals surface area contributed by atoms with E-state index < -0.39 is 15.1 Å². The summed E-state index contributed by atoms with van der Waals surface area (Å²) in [6.07, 6.45) is 0. The van der Waals surface area contributed by atoms with E-state index in [0.717, 1.165) is 0 Å². The number of hydrogen-bond donors (Lipinski definition) is 1. The van der Waals surface area contributed by atoms with Crippen LogP contribution in [0.2, 0.25) is 5.02 Å². The summed E-state index contributed by atoms with van der Waals surface area (Å²) in [6, 6.07) is 13.3. The Bertz CT molecular complexity index is 1120. The maximum Gasteiger partial charge on any atom is 0.271 e. The third kappa shape index (κ3) is 3.41. The number of amides is 1. The quantitative estimate of drug-likeness (QED) is 0.704. The number of rotatable bonds is 4. The Hall–Kier alpha value is -2.71. The second-order valence-electron chi connectivity index (χ2n) is 6.50. The van der Waals surface area contributed by atoms with Crippen molar-refractivity contribution < 1.29 is 17.6 Å². The minimum absolute atomic E-state index is 0.106. The fourth-order valence-corrected chi connectivity index (χ4v) is 4.77. The predicted octanol–water partition coefficient (Wildman–Crippen LogP) is 3.17. The summed E-state index contributed by atoms with van der Waals surface area (Å²) in [5.41, 5.74) is 1.43. The van der Waals surface area contributed by atoms with Gasteiger partial charge in [0.25, 0.3) is 5.91 Å². The van der Waals surface area contributed by atoms with Crippen LogP contribution in [0.25, 0.3) is 11.3 Å². The first-order valence-corrected chi connectivity index (χ1v) is 10.4. The standard InChI is InChI=1S/C19H15ClFN3O3S/c20-13-3-7-15(8-4-13)28(26,27)16-10-24(11-16)19(25)18-9-17(22-23-18)12-1-5-14(21)6-2-12/h1-9,16H,10-11H2,(H,22,23). The molecule has 0 spiro atoms. The monoisotopic (exact) mass is 419 g/mol. The highest BCUT2D eigenvalue weighted by Gasteiger charge is 2.41. The van der Waals surface area contributed by atoms with Gasteiger partial charge in [0, 0.05) is 23.7 Å². The number of benzene rings is 2. The molecule has 1 aliphatic rings. The van der Waals surface area contributed by atoms with E-state index in [1.54, 1.807) is 18.2 Å². The van der Waals surface area contributed by atoms with Crippen molar-refractivity contribution in [1.82, 2.24) is 15.1 Å². The number of H-pyrrole nitrogens is 1. The molecule has 28 heavy (non-hydrogen) atoms. The number of aromatic nitrogens is 2. The number of carbonyl (C=O) groups is 1. The van der Waals surface area contributed by atoms with E-state index in [9.17, 15) is 17.6 Å². The van der Waals surface area contributed by atoms with E-state index in [0.29, 0.717) is 16.3 Å². The summed E-state index contributed by atoms with van der Waals surface area (Å²) in [6.45, 7) is 0.212. The lowest BCUT2D eigenvalue weighted by Crippen LogP contribution is -2.56. The van der Waals surface area contributed by atoms with E-state index >= 15 is 0 Å². The van der Waals surface area contributed by atoms with Gasteiger partial charge in [0.2, 0.25) is 0 Å². The molecule has 0 atom stereocenters. The minimum Gasteiger partial charge on any atom is -0.335 e. The normalized spacial score (nSPS) is 14.7. The van der Waals surface area contributed by atoms with Crippen LogP contribution in [0.4, 0.5) is 4.39 Å². The van der Waals surface area contributed by atoms with Crippen molar-refractivity contribution >= 4 is 27.3 Å². The van der Waals surface area contributed by atoms with Gasteiger partial charge in [-0.1, -0.05) is 11.6 Å². The Morgan fingerprint density at radius 1 is 1.11 bits per heavy atom. The number of likely N-dealkylation sites (tertiary alicyclic amines) is 1. The Morgan fingerprint density at radius 3 is 2.39 bits per heavy atom. The van der Waals surface area contributed by atoms with E-state index in [4.69, 9.17) is 11.6 Å². The third-order valence-corrected chi connectivity index (χ3v) is 7.02. The highest BCUT2D eigenvalue weighted by atomic mass is 35.5. The van der Waals surface area contributed by atoms with Crippen molar-refractivity contribution in [3.8, 4) is 11.3 Å². The SMILES string of the molecule is O=C(c1cc(-c2ccc(F)cc2)n[nH]1)N1CC(S(=O)(=O)c2ccc(Cl)cc2)C1. The number of nitrogens with one attached hydrogen (secondary N) is 1. The molecule has 1 aromatic heterocycles. The average molecular weight is 420 g/mol. The van der Waals surface area contributed by atoms with Crippen LogP contribution in [-0.2, 0) is 9.84 Å². The predicted molar refractivity (Wildman–Crippen MR) is 102 cm³/mol. The Morgan fingerprint density at radius 2 is 1.75 bits per heavy atom. The van der Waals surface area contributed by atoms with Crippen molar-refractivity contribution in [3.05, 3.63) is 71.1 Å². The molecule has 4 rings (SSSR count). The van der Waals surface area contributed by atoms with Gasteiger partial charge in [-0.05, 0) is 54.6 Å². The third-order valence-electron chi connectivity index (χ3n) is 4.66. The molecular formula is C19H15ClFN3O3S. The van der Waals surface area contributed by atoms with Crippen LogP contribution >= 0.6 is 11.6 Å². The first-order chi connectivity index (χ1) is 13.3. The van der Waals surface area contributed by atoms with Gasteiger partial charge in [0.15, 0.2) is 9.84 Å². The molecule has 0 aliphatic carbocycles. The van der Waals surface area contributed by atoms with Crippen LogP contribution in [0.1, 0.15) is 10.5 Å².